The van der Waals surface area contributed by atoms with Crippen LogP contribution in [-0.2, 0) is 6.54 Å². The van der Waals surface area contributed by atoms with Gasteiger partial charge in [-0.2, -0.15) is 5.10 Å². The van der Waals surface area contributed by atoms with E-state index in [1.165, 1.54) is 0 Å². The highest BCUT2D eigenvalue weighted by Gasteiger charge is 2.06. The highest BCUT2D eigenvalue weighted by Crippen LogP contribution is 2.22. The first kappa shape index (κ1) is 16.3. The van der Waals surface area contributed by atoms with E-state index in [1.54, 1.807) is 35.6 Å². The second-order valence-electron chi connectivity index (χ2n) is 5.15. The number of benzene rings is 1. The number of aromatic nitrogens is 2. The van der Waals surface area contributed by atoms with Crippen molar-refractivity contribution >= 4 is 17.2 Å². The Bertz CT molecular complexity index is 779. The Morgan fingerprint density at radius 2 is 2.08 bits per heavy atom. The van der Waals surface area contributed by atoms with E-state index in [-0.39, 0.29) is 5.91 Å². The molecule has 0 fully saturated rings. The molecule has 3 aromatic rings. The summed E-state index contributed by atoms with van der Waals surface area (Å²) in [7, 11) is 0. The van der Waals surface area contributed by atoms with Gasteiger partial charge in [-0.15, -0.1) is 11.3 Å². The zero-order valence-corrected chi connectivity index (χ0v) is 14.3. The number of hydrogen-bond acceptors (Lipinski definition) is 4. The van der Waals surface area contributed by atoms with Crippen molar-refractivity contribution in [2.75, 3.05) is 13.2 Å². The molecule has 0 aliphatic carbocycles. The van der Waals surface area contributed by atoms with Gasteiger partial charge in [0, 0.05) is 18.3 Å². The van der Waals surface area contributed by atoms with Gasteiger partial charge in [0.1, 0.15) is 11.4 Å². The van der Waals surface area contributed by atoms with Crippen molar-refractivity contribution in [3.63, 3.8) is 0 Å². The van der Waals surface area contributed by atoms with E-state index in [9.17, 15) is 4.79 Å². The predicted octanol–water partition coefficient (Wildman–Crippen LogP) is 3.44. The number of thiophene rings is 1. The van der Waals surface area contributed by atoms with Crippen molar-refractivity contribution in [3.05, 3.63) is 59.6 Å². The summed E-state index contributed by atoms with van der Waals surface area (Å²) < 4.78 is 7.21. The monoisotopic (exact) mass is 341 g/mol. The molecule has 0 aliphatic rings. The van der Waals surface area contributed by atoms with Gasteiger partial charge in [0.05, 0.1) is 18.0 Å². The summed E-state index contributed by atoms with van der Waals surface area (Å²) in [5, 5.41) is 9.45. The van der Waals surface area contributed by atoms with Gasteiger partial charge < -0.3 is 10.1 Å². The van der Waals surface area contributed by atoms with Crippen molar-refractivity contribution in [2.45, 2.75) is 13.5 Å². The van der Waals surface area contributed by atoms with Gasteiger partial charge >= 0.3 is 0 Å². The van der Waals surface area contributed by atoms with Crippen LogP contribution in [-0.4, -0.2) is 28.8 Å². The third kappa shape index (κ3) is 4.02. The number of carbonyl (C=O) groups excluding carboxylic acids is 1. The molecule has 1 N–H and O–H groups in total. The third-order valence-electron chi connectivity index (χ3n) is 3.47. The molecule has 0 radical (unpaired) electrons. The topological polar surface area (TPSA) is 56.1 Å². The van der Waals surface area contributed by atoms with E-state index in [1.807, 2.05) is 41.4 Å². The first-order valence-corrected chi connectivity index (χ1v) is 8.72. The lowest BCUT2D eigenvalue weighted by Gasteiger charge is -2.07. The Hall–Kier alpha value is -2.60. The molecule has 0 aliphatic heterocycles. The van der Waals surface area contributed by atoms with Gasteiger partial charge in [0.15, 0.2) is 0 Å². The summed E-state index contributed by atoms with van der Waals surface area (Å²) in [5.41, 5.74) is 1.58. The van der Waals surface area contributed by atoms with Crippen molar-refractivity contribution in [2.24, 2.45) is 0 Å². The third-order valence-corrected chi connectivity index (χ3v) is 4.36. The molecule has 1 amide bonds. The van der Waals surface area contributed by atoms with Gasteiger partial charge in [0.2, 0.25) is 0 Å². The van der Waals surface area contributed by atoms with Gasteiger partial charge in [-0.1, -0.05) is 6.07 Å². The maximum absolute atomic E-state index is 12.1. The number of nitrogens with zero attached hydrogens (tertiary/aromatic N) is 2. The number of hydrogen-bond donors (Lipinski definition) is 1. The molecular formula is C18H19N3O2S. The molecule has 2 aromatic heterocycles. The lowest BCUT2D eigenvalue weighted by atomic mass is 10.2. The fourth-order valence-electron chi connectivity index (χ4n) is 2.30. The quantitative estimate of drug-likeness (QED) is 0.716. The van der Waals surface area contributed by atoms with Gasteiger partial charge in [-0.3, -0.25) is 9.48 Å². The molecule has 0 saturated carbocycles. The fraction of sp³-hybridized carbons (Fsp3) is 0.222. The number of amides is 1. The van der Waals surface area contributed by atoms with Crippen LogP contribution in [0.15, 0.2) is 54.0 Å². The zero-order valence-electron chi connectivity index (χ0n) is 13.4. The molecular weight excluding hydrogens is 322 g/mol. The van der Waals surface area contributed by atoms with E-state index >= 15 is 0 Å². The molecule has 3 rings (SSSR count). The lowest BCUT2D eigenvalue weighted by molar-refractivity contribution is 0.0952. The van der Waals surface area contributed by atoms with Crippen LogP contribution in [0.2, 0.25) is 0 Å². The van der Waals surface area contributed by atoms with Gasteiger partial charge in [-0.05, 0) is 48.7 Å². The Balaban J connectivity index is 1.50. The first-order valence-electron chi connectivity index (χ1n) is 7.84. The Labute approximate surface area is 144 Å². The second-order valence-corrected chi connectivity index (χ2v) is 6.10. The molecule has 124 valence electrons. The maximum Gasteiger partial charge on any atom is 0.251 e. The summed E-state index contributed by atoms with van der Waals surface area (Å²) in [6.45, 7) is 3.70. The fourth-order valence-corrected chi connectivity index (χ4v) is 2.99. The minimum atomic E-state index is -0.0938. The van der Waals surface area contributed by atoms with E-state index in [0.717, 1.165) is 16.3 Å². The molecule has 1 aromatic carbocycles. The van der Waals surface area contributed by atoms with Crippen molar-refractivity contribution in [1.82, 2.24) is 15.1 Å². The normalized spacial score (nSPS) is 10.5. The van der Waals surface area contributed by atoms with Crippen LogP contribution in [0.25, 0.3) is 10.6 Å². The smallest absolute Gasteiger partial charge is 0.251 e. The van der Waals surface area contributed by atoms with Crippen molar-refractivity contribution in [1.29, 1.82) is 0 Å². The van der Waals surface area contributed by atoms with E-state index in [0.29, 0.717) is 25.3 Å². The SMILES string of the molecule is CCOc1ccc(C(=O)NCCn2ccc(-c3cccs3)n2)cc1. The minimum Gasteiger partial charge on any atom is -0.494 e. The van der Waals surface area contributed by atoms with E-state index < -0.39 is 0 Å². The molecule has 0 spiro atoms. The van der Waals surface area contributed by atoms with Crippen LogP contribution in [0, 0.1) is 0 Å². The molecule has 0 unspecified atom stereocenters. The van der Waals surface area contributed by atoms with Crippen LogP contribution in [0.3, 0.4) is 0 Å². The van der Waals surface area contributed by atoms with Gasteiger partial charge in [-0.25, -0.2) is 0 Å². The van der Waals surface area contributed by atoms with Crippen LogP contribution in [0.1, 0.15) is 17.3 Å². The van der Waals surface area contributed by atoms with E-state index in [4.69, 9.17) is 4.74 Å². The Morgan fingerprint density at radius 3 is 2.79 bits per heavy atom. The number of rotatable bonds is 7. The van der Waals surface area contributed by atoms with Crippen molar-refractivity contribution < 1.29 is 9.53 Å². The van der Waals surface area contributed by atoms with Crippen LogP contribution in [0.4, 0.5) is 0 Å². The van der Waals surface area contributed by atoms with Gasteiger partial charge in [0.25, 0.3) is 5.91 Å². The summed E-state index contributed by atoms with van der Waals surface area (Å²) >= 11 is 1.66. The summed E-state index contributed by atoms with van der Waals surface area (Å²) in [4.78, 5) is 13.3. The standard InChI is InChI=1S/C18H19N3O2S/c1-2-23-15-7-5-14(6-8-15)18(22)19-10-12-21-11-9-16(20-21)17-4-3-13-24-17/h3-9,11,13H,2,10,12H2,1H3,(H,19,22). The second kappa shape index (κ2) is 7.79. The van der Waals surface area contributed by atoms with Crippen LogP contribution < -0.4 is 10.1 Å². The number of carbonyl (C=O) groups is 1. The Kier molecular flexibility index (Phi) is 5.28. The van der Waals surface area contributed by atoms with E-state index in [2.05, 4.69) is 10.4 Å². The van der Waals surface area contributed by atoms with Crippen LogP contribution in [0.5, 0.6) is 5.75 Å². The van der Waals surface area contributed by atoms with Crippen molar-refractivity contribution in [3.8, 4) is 16.3 Å². The summed E-state index contributed by atoms with van der Waals surface area (Å²) in [5.74, 6) is 0.676. The highest BCUT2D eigenvalue weighted by molar-refractivity contribution is 7.13. The lowest BCUT2D eigenvalue weighted by Crippen LogP contribution is -2.27. The molecule has 6 heteroatoms. The minimum absolute atomic E-state index is 0.0938. The molecule has 0 bridgehead atoms. The molecule has 0 saturated heterocycles. The number of nitrogens with one attached hydrogen (secondary N) is 1. The Morgan fingerprint density at radius 1 is 1.25 bits per heavy atom. The largest absolute Gasteiger partial charge is 0.494 e. The average molecular weight is 341 g/mol. The first-order chi connectivity index (χ1) is 11.8. The van der Waals surface area contributed by atoms with Crippen LogP contribution >= 0.6 is 11.3 Å². The number of ether oxygens (including phenoxy) is 1. The predicted molar refractivity (Wildman–Crippen MR) is 95.5 cm³/mol. The molecule has 2 heterocycles. The highest BCUT2D eigenvalue weighted by atomic mass is 32.1. The summed E-state index contributed by atoms with van der Waals surface area (Å²) in [6.07, 6.45) is 1.93. The average Bonchev–Trinajstić information content (AvgIpc) is 3.27. The molecule has 24 heavy (non-hydrogen) atoms. The zero-order chi connectivity index (χ0) is 16.8. The molecule has 5 nitrogen and oxygen atoms in total. The maximum atomic E-state index is 12.1. The summed E-state index contributed by atoms with van der Waals surface area (Å²) in [6, 6.07) is 13.2. The molecule has 0 atom stereocenters.